The number of pyridine rings is 2. The summed E-state index contributed by atoms with van der Waals surface area (Å²) in [6.07, 6.45) is 0. The molecule has 0 aliphatic heterocycles. The fraction of sp³-hybridized carbons (Fsp3) is 0.130. The first-order valence-corrected chi connectivity index (χ1v) is 9.36. The lowest BCUT2D eigenvalue weighted by Crippen LogP contribution is -2.15. The van der Waals surface area contributed by atoms with Gasteiger partial charge in [0, 0.05) is 24.0 Å². The van der Waals surface area contributed by atoms with Gasteiger partial charge in [-0.3, -0.25) is 9.36 Å². The molecule has 2 aromatic carbocycles. The van der Waals surface area contributed by atoms with Crippen LogP contribution in [0.5, 0.6) is 0 Å². The summed E-state index contributed by atoms with van der Waals surface area (Å²) in [5, 5.41) is 7.24. The van der Waals surface area contributed by atoms with E-state index in [1.165, 1.54) is 0 Å². The maximum atomic E-state index is 12.9. The van der Waals surface area contributed by atoms with E-state index in [1.54, 1.807) is 6.07 Å². The molecule has 0 radical (unpaired) electrons. The predicted octanol–water partition coefficient (Wildman–Crippen LogP) is 4.87. The predicted molar refractivity (Wildman–Crippen MR) is 116 cm³/mol. The lowest BCUT2D eigenvalue weighted by Gasteiger charge is -2.19. The van der Waals surface area contributed by atoms with Gasteiger partial charge in [0.2, 0.25) is 0 Å². The van der Waals surface area contributed by atoms with Gasteiger partial charge in [0.25, 0.3) is 0 Å². The minimum absolute atomic E-state index is 0.0627. The first kappa shape index (κ1) is 17.8. The van der Waals surface area contributed by atoms with Crippen LogP contribution in [-0.2, 0) is 0 Å². The summed E-state index contributed by atoms with van der Waals surface area (Å²) in [6, 6.07) is 23.3. The Kier molecular flexibility index (Phi) is 4.81. The van der Waals surface area contributed by atoms with Crippen LogP contribution in [-0.4, -0.2) is 16.1 Å². The third-order valence-corrected chi connectivity index (χ3v) is 4.61. The standard InChI is InChI=1S/C23H22N4O/c1-3-24-20-14-19-21(28)15-22(26-17-10-6-4-7-11-17)27(23(19)25-16(20)2)18-12-8-5-9-13-18/h4-15,24,26H,3H2,1-2H3. The Morgan fingerprint density at radius 3 is 2.32 bits per heavy atom. The Labute approximate surface area is 163 Å². The van der Waals surface area contributed by atoms with Crippen molar-refractivity contribution in [2.75, 3.05) is 17.2 Å². The molecule has 4 rings (SSSR count). The van der Waals surface area contributed by atoms with Crippen molar-refractivity contribution in [1.82, 2.24) is 9.55 Å². The lowest BCUT2D eigenvalue weighted by molar-refractivity contribution is 1.05. The minimum atomic E-state index is -0.0627. The van der Waals surface area contributed by atoms with Gasteiger partial charge in [-0.15, -0.1) is 0 Å². The van der Waals surface area contributed by atoms with Crippen LogP contribution in [0.2, 0.25) is 0 Å². The quantitative estimate of drug-likeness (QED) is 0.526. The average molecular weight is 370 g/mol. The molecule has 0 unspecified atom stereocenters. The molecule has 2 heterocycles. The topological polar surface area (TPSA) is 59.0 Å². The van der Waals surface area contributed by atoms with Gasteiger partial charge in [-0.2, -0.15) is 0 Å². The van der Waals surface area contributed by atoms with Crippen LogP contribution in [0.4, 0.5) is 17.2 Å². The van der Waals surface area contributed by atoms with Crippen molar-refractivity contribution >= 4 is 28.2 Å². The highest BCUT2D eigenvalue weighted by molar-refractivity contribution is 5.84. The zero-order valence-electron chi connectivity index (χ0n) is 15.9. The molecule has 28 heavy (non-hydrogen) atoms. The summed E-state index contributed by atoms with van der Waals surface area (Å²) < 4.78 is 1.99. The first-order chi connectivity index (χ1) is 13.7. The number of aryl methyl sites for hydroxylation is 1. The summed E-state index contributed by atoms with van der Waals surface area (Å²) >= 11 is 0. The van der Waals surface area contributed by atoms with E-state index in [2.05, 4.69) is 10.6 Å². The van der Waals surface area contributed by atoms with Crippen molar-refractivity contribution in [3.05, 3.63) is 88.7 Å². The Morgan fingerprint density at radius 1 is 0.964 bits per heavy atom. The van der Waals surface area contributed by atoms with E-state index < -0.39 is 0 Å². The van der Waals surface area contributed by atoms with Gasteiger partial charge in [0.1, 0.15) is 11.5 Å². The summed E-state index contributed by atoms with van der Waals surface area (Å²) in [7, 11) is 0. The van der Waals surface area contributed by atoms with Gasteiger partial charge in [-0.05, 0) is 44.2 Å². The molecule has 0 bridgehead atoms. The van der Waals surface area contributed by atoms with Crippen LogP contribution in [0.1, 0.15) is 12.6 Å². The molecular weight excluding hydrogens is 348 g/mol. The number of aromatic nitrogens is 2. The normalized spacial score (nSPS) is 10.8. The highest BCUT2D eigenvalue weighted by atomic mass is 16.1. The highest BCUT2D eigenvalue weighted by Crippen LogP contribution is 2.26. The van der Waals surface area contributed by atoms with E-state index in [9.17, 15) is 4.79 Å². The molecule has 5 nitrogen and oxygen atoms in total. The van der Waals surface area contributed by atoms with E-state index in [0.717, 1.165) is 29.3 Å². The fourth-order valence-electron chi connectivity index (χ4n) is 3.29. The second kappa shape index (κ2) is 7.56. The van der Waals surface area contributed by atoms with Gasteiger partial charge < -0.3 is 10.6 Å². The first-order valence-electron chi connectivity index (χ1n) is 9.36. The van der Waals surface area contributed by atoms with Crippen molar-refractivity contribution < 1.29 is 0 Å². The smallest absolute Gasteiger partial charge is 0.193 e. The van der Waals surface area contributed by atoms with E-state index in [4.69, 9.17) is 4.98 Å². The number of hydrogen-bond donors (Lipinski definition) is 2. The molecule has 0 amide bonds. The molecule has 4 aromatic rings. The zero-order valence-corrected chi connectivity index (χ0v) is 15.9. The van der Waals surface area contributed by atoms with Crippen LogP contribution in [0.25, 0.3) is 16.7 Å². The van der Waals surface area contributed by atoms with Gasteiger partial charge >= 0.3 is 0 Å². The number of anilines is 3. The summed E-state index contributed by atoms with van der Waals surface area (Å²) in [5.41, 5.74) is 4.16. The summed E-state index contributed by atoms with van der Waals surface area (Å²) in [5.74, 6) is 0.679. The average Bonchev–Trinajstić information content (AvgIpc) is 2.71. The number of nitrogens with zero attached hydrogens (tertiary/aromatic N) is 2. The van der Waals surface area contributed by atoms with Crippen molar-refractivity contribution in [2.45, 2.75) is 13.8 Å². The van der Waals surface area contributed by atoms with Gasteiger partial charge in [0.15, 0.2) is 5.43 Å². The Bertz CT molecular complexity index is 1170. The molecule has 0 saturated heterocycles. The number of para-hydroxylation sites is 2. The zero-order chi connectivity index (χ0) is 19.5. The van der Waals surface area contributed by atoms with Crippen molar-refractivity contribution in [2.24, 2.45) is 0 Å². The molecule has 2 N–H and O–H groups in total. The van der Waals surface area contributed by atoms with Crippen LogP contribution in [0.3, 0.4) is 0 Å². The van der Waals surface area contributed by atoms with Crippen LogP contribution >= 0.6 is 0 Å². The molecule has 0 spiro atoms. The Morgan fingerprint density at radius 2 is 1.64 bits per heavy atom. The molecule has 5 heteroatoms. The Balaban J connectivity index is 2.01. The molecule has 0 saturated carbocycles. The second-order valence-electron chi connectivity index (χ2n) is 6.58. The molecule has 0 aliphatic carbocycles. The molecular formula is C23H22N4O. The fourth-order valence-corrected chi connectivity index (χ4v) is 3.29. The maximum absolute atomic E-state index is 12.9. The highest BCUT2D eigenvalue weighted by Gasteiger charge is 2.14. The minimum Gasteiger partial charge on any atom is -0.384 e. The number of rotatable bonds is 5. The van der Waals surface area contributed by atoms with E-state index in [0.29, 0.717) is 16.9 Å². The Hall–Kier alpha value is -3.60. The number of nitrogens with one attached hydrogen (secondary N) is 2. The SMILES string of the molecule is CCNc1cc2c(=O)cc(Nc3ccccc3)n(-c3ccccc3)c2nc1C. The third-order valence-electron chi connectivity index (χ3n) is 4.61. The van der Waals surface area contributed by atoms with Crippen LogP contribution in [0, 0.1) is 6.92 Å². The number of fused-ring (bicyclic) bond motifs is 1. The molecule has 0 fully saturated rings. The van der Waals surface area contributed by atoms with Gasteiger partial charge in [0.05, 0.1) is 16.8 Å². The van der Waals surface area contributed by atoms with Gasteiger partial charge in [-0.25, -0.2) is 4.98 Å². The summed E-state index contributed by atoms with van der Waals surface area (Å²) in [6.45, 7) is 4.75. The van der Waals surface area contributed by atoms with Crippen LogP contribution in [0.15, 0.2) is 77.6 Å². The van der Waals surface area contributed by atoms with Gasteiger partial charge in [-0.1, -0.05) is 36.4 Å². The van der Waals surface area contributed by atoms with E-state index >= 15 is 0 Å². The molecule has 0 atom stereocenters. The van der Waals surface area contributed by atoms with Crippen molar-refractivity contribution in [1.29, 1.82) is 0 Å². The molecule has 0 aliphatic rings. The van der Waals surface area contributed by atoms with Crippen molar-refractivity contribution in [3.63, 3.8) is 0 Å². The van der Waals surface area contributed by atoms with Crippen LogP contribution < -0.4 is 16.1 Å². The van der Waals surface area contributed by atoms with E-state index in [1.807, 2.05) is 85.1 Å². The van der Waals surface area contributed by atoms with E-state index in [-0.39, 0.29) is 5.43 Å². The maximum Gasteiger partial charge on any atom is 0.193 e. The second-order valence-corrected chi connectivity index (χ2v) is 6.58. The van der Waals surface area contributed by atoms with Crippen molar-refractivity contribution in [3.8, 4) is 5.69 Å². The monoisotopic (exact) mass is 370 g/mol. The third kappa shape index (κ3) is 3.34. The summed E-state index contributed by atoms with van der Waals surface area (Å²) in [4.78, 5) is 17.7. The lowest BCUT2D eigenvalue weighted by atomic mass is 10.2. The molecule has 140 valence electrons. The number of benzene rings is 2. The molecule has 2 aromatic heterocycles. The number of hydrogen-bond acceptors (Lipinski definition) is 4. The largest absolute Gasteiger partial charge is 0.384 e.